The Hall–Kier alpha value is -2.49. The molecule has 1 aromatic heterocycles. The van der Waals surface area contributed by atoms with Crippen LogP contribution in [0.25, 0.3) is 0 Å². The van der Waals surface area contributed by atoms with Gasteiger partial charge in [-0.05, 0) is 30.5 Å². The number of methoxy groups -OCH3 is 2. The highest BCUT2D eigenvalue weighted by atomic mass is 32.1. The molecule has 0 radical (unpaired) electrons. The van der Waals surface area contributed by atoms with Crippen LogP contribution in [0, 0.1) is 0 Å². The average Bonchev–Trinajstić information content (AvgIpc) is 3.19. The van der Waals surface area contributed by atoms with E-state index in [0.29, 0.717) is 42.0 Å². The second-order valence-electron chi connectivity index (χ2n) is 6.09. The molecule has 6 nitrogen and oxygen atoms in total. The summed E-state index contributed by atoms with van der Waals surface area (Å²) in [5.41, 5.74) is 0.298. The van der Waals surface area contributed by atoms with Crippen LogP contribution in [-0.4, -0.2) is 45.3 Å². The highest BCUT2D eigenvalue weighted by Gasteiger charge is 2.33. The summed E-state index contributed by atoms with van der Waals surface area (Å²) in [6.07, 6.45) is -2.28. The molecule has 0 saturated carbocycles. The van der Waals surface area contributed by atoms with Crippen LogP contribution >= 0.6 is 11.3 Å². The molecule has 0 aliphatic heterocycles. The van der Waals surface area contributed by atoms with Gasteiger partial charge in [0.2, 0.25) is 0 Å². The van der Waals surface area contributed by atoms with Gasteiger partial charge in [0.05, 0.1) is 19.2 Å². The molecule has 0 aliphatic carbocycles. The number of nitrogens with zero attached hydrogens (tertiary/aromatic N) is 2. The first-order valence-electron chi connectivity index (χ1n) is 9.04. The van der Waals surface area contributed by atoms with Crippen molar-refractivity contribution < 1.29 is 22.6 Å². The molecule has 1 aromatic carbocycles. The lowest BCUT2D eigenvalue weighted by molar-refractivity contribution is -0.140. The quantitative estimate of drug-likeness (QED) is 0.362. The summed E-state index contributed by atoms with van der Waals surface area (Å²) in [5.74, 6) is 2.00. The molecule has 10 heteroatoms. The molecule has 0 unspecified atom stereocenters. The second kappa shape index (κ2) is 10.9. The van der Waals surface area contributed by atoms with Gasteiger partial charge >= 0.3 is 6.18 Å². The van der Waals surface area contributed by atoms with Gasteiger partial charge in [-0.3, -0.25) is 4.99 Å². The van der Waals surface area contributed by atoms with E-state index in [1.807, 2.05) is 18.2 Å². The minimum Gasteiger partial charge on any atom is -0.493 e. The van der Waals surface area contributed by atoms with Crippen LogP contribution in [-0.2, 0) is 19.0 Å². The zero-order chi connectivity index (χ0) is 21.3. The van der Waals surface area contributed by atoms with Gasteiger partial charge in [0.1, 0.15) is 0 Å². The molecule has 0 aliphatic rings. The summed E-state index contributed by atoms with van der Waals surface area (Å²) < 4.78 is 48.2. The summed E-state index contributed by atoms with van der Waals surface area (Å²) in [4.78, 5) is 7.73. The van der Waals surface area contributed by atoms with E-state index in [2.05, 4.69) is 20.6 Å². The van der Waals surface area contributed by atoms with Crippen molar-refractivity contribution in [3.63, 3.8) is 0 Å². The van der Waals surface area contributed by atoms with Gasteiger partial charge in [-0.15, -0.1) is 11.3 Å². The van der Waals surface area contributed by atoms with Crippen LogP contribution < -0.4 is 20.1 Å². The topological polar surface area (TPSA) is 67.8 Å². The third-order valence-electron chi connectivity index (χ3n) is 4.08. The fraction of sp³-hybridized carbons (Fsp3) is 0.474. The summed E-state index contributed by atoms with van der Waals surface area (Å²) in [6, 6.07) is 5.83. The highest BCUT2D eigenvalue weighted by molar-refractivity contribution is 7.09. The van der Waals surface area contributed by atoms with Crippen molar-refractivity contribution in [3.8, 4) is 11.5 Å². The van der Waals surface area contributed by atoms with Crippen molar-refractivity contribution in [2.45, 2.75) is 25.4 Å². The van der Waals surface area contributed by atoms with Crippen molar-refractivity contribution in [1.82, 2.24) is 15.6 Å². The molecule has 0 amide bonds. The number of guanidine groups is 1. The van der Waals surface area contributed by atoms with Gasteiger partial charge in [-0.25, -0.2) is 4.98 Å². The van der Waals surface area contributed by atoms with Crippen LogP contribution in [0.15, 0.2) is 28.6 Å². The molecule has 0 spiro atoms. The molecule has 29 heavy (non-hydrogen) atoms. The molecule has 2 N–H and O–H groups in total. The van der Waals surface area contributed by atoms with Crippen LogP contribution in [0.4, 0.5) is 13.2 Å². The minimum absolute atomic E-state index is 0.396. The second-order valence-corrected chi connectivity index (χ2v) is 7.04. The van der Waals surface area contributed by atoms with E-state index in [4.69, 9.17) is 9.47 Å². The Balaban J connectivity index is 1.71. The van der Waals surface area contributed by atoms with Crippen LogP contribution in [0.2, 0.25) is 0 Å². The van der Waals surface area contributed by atoms with Gasteiger partial charge in [-0.1, -0.05) is 6.07 Å². The van der Waals surface area contributed by atoms with E-state index in [-0.39, 0.29) is 0 Å². The standard InChI is InChI=1S/C19H25F3N4O2S/c1-23-18(25-10-8-17-26-16(12-29-17)19(20,21)22)24-9-4-5-13-6-7-14(27-2)15(11-13)28-3/h6-7,11-12H,4-5,8-10H2,1-3H3,(H2,23,24,25). The number of alkyl halides is 3. The first-order valence-corrected chi connectivity index (χ1v) is 9.92. The summed E-state index contributed by atoms with van der Waals surface area (Å²) in [5, 5.41) is 7.76. The number of thiazole rings is 1. The molecule has 0 saturated heterocycles. The number of rotatable bonds is 9. The maximum atomic E-state index is 12.6. The van der Waals surface area contributed by atoms with E-state index in [9.17, 15) is 13.2 Å². The SMILES string of the molecule is CN=C(NCCCc1ccc(OC)c(OC)c1)NCCc1nc(C(F)(F)F)cs1. The molecule has 0 bridgehead atoms. The van der Waals surface area contributed by atoms with Crippen LogP contribution in [0.1, 0.15) is 22.7 Å². The number of hydrogen-bond donors (Lipinski definition) is 2. The molecule has 1 heterocycles. The van der Waals surface area contributed by atoms with Gasteiger partial charge < -0.3 is 20.1 Å². The fourth-order valence-corrected chi connectivity index (χ4v) is 3.40. The smallest absolute Gasteiger partial charge is 0.434 e. The number of nitrogens with one attached hydrogen (secondary N) is 2. The first-order chi connectivity index (χ1) is 13.9. The van der Waals surface area contributed by atoms with E-state index >= 15 is 0 Å². The Morgan fingerprint density at radius 1 is 1.10 bits per heavy atom. The van der Waals surface area contributed by atoms with E-state index in [1.54, 1.807) is 21.3 Å². The third-order valence-corrected chi connectivity index (χ3v) is 4.99. The fourth-order valence-electron chi connectivity index (χ4n) is 2.60. The summed E-state index contributed by atoms with van der Waals surface area (Å²) >= 11 is 1.01. The number of ether oxygens (including phenoxy) is 2. The Morgan fingerprint density at radius 3 is 2.45 bits per heavy atom. The number of benzene rings is 1. The van der Waals surface area contributed by atoms with E-state index in [0.717, 1.165) is 35.1 Å². The largest absolute Gasteiger partial charge is 0.493 e. The Kier molecular flexibility index (Phi) is 8.56. The normalized spacial score (nSPS) is 12.0. The monoisotopic (exact) mass is 430 g/mol. The Labute approximate surface area is 172 Å². The lowest BCUT2D eigenvalue weighted by Crippen LogP contribution is -2.38. The molecular weight excluding hydrogens is 405 g/mol. The first kappa shape index (κ1) is 22.8. The maximum absolute atomic E-state index is 12.6. The van der Waals surface area contributed by atoms with Gasteiger partial charge in [0, 0.05) is 31.9 Å². The summed E-state index contributed by atoms with van der Waals surface area (Å²) in [6.45, 7) is 1.14. The van der Waals surface area contributed by atoms with Crippen molar-refractivity contribution in [2.75, 3.05) is 34.4 Å². The third kappa shape index (κ3) is 7.12. The predicted octanol–water partition coefficient (Wildman–Crippen LogP) is 3.52. The Bertz CT molecular complexity index is 809. The van der Waals surface area contributed by atoms with Gasteiger partial charge in [0.25, 0.3) is 0 Å². The molecule has 2 aromatic rings. The number of aromatic nitrogens is 1. The van der Waals surface area contributed by atoms with Gasteiger partial charge in [0.15, 0.2) is 23.2 Å². The lowest BCUT2D eigenvalue weighted by Gasteiger charge is -2.12. The average molecular weight is 430 g/mol. The van der Waals surface area contributed by atoms with Crippen molar-refractivity contribution >= 4 is 17.3 Å². The molecule has 0 atom stereocenters. The highest BCUT2D eigenvalue weighted by Crippen LogP contribution is 2.30. The predicted molar refractivity (Wildman–Crippen MR) is 108 cm³/mol. The lowest BCUT2D eigenvalue weighted by atomic mass is 10.1. The van der Waals surface area contributed by atoms with E-state index in [1.165, 1.54) is 0 Å². The zero-order valence-corrected chi connectivity index (χ0v) is 17.4. The van der Waals surface area contributed by atoms with E-state index < -0.39 is 11.9 Å². The Morgan fingerprint density at radius 2 is 1.83 bits per heavy atom. The van der Waals surface area contributed by atoms with Gasteiger partial charge in [-0.2, -0.15) is 13.2 Å². The molecule has 160 valence electrons. The maximum Gasteiger partial charge on any atom is 0.434 e. The van der Waals surface area contributed by atoms with Crippen LogP contribution in [0.3, 0.4) is 0 Å². The minimum atomic E-state index is -4.40. The molecule has 2 rings (SSSR count). The summed E-state index contributed by atoms with van der Waals surface area (Å²) in [7, 11) is 4.85. The molecule has 0 fully saturated rings. The zero-order valence-electron chi connectivity index (χ0n) is 16.6. The number of aliphatic imine (C=N–C) groups is 1. The number of hydrogen-bond acceptors (Lipinski definition) is 5. The van der Waals surface area contributed by atoms with Crippen molar-refractivity contribution in [2.24, 2.45) is 4.99 Å². The van der Waals surface area contributed by atoms with Crippen molar-refractivity contribution in [3.05, 3.63) is 39.8 Å². The number of halogens is 3. The van der Waals surface area contributed by atoms with Crippen LogP contribution in [0.5, 0.6) is 11.5 Å². The number of aryl methyl sites for hydroxylation is 1. The molecular formula is C19H25F3N4O2S. The van der Waals surface area contributed by atoms with Crippen molar-refractivity contribution in [1.29, 1.82) is 0 Å².